The first-order valence-electron chi connectivity index (χ1n) is 10.7. The van der Waals surface area contributed by atoms with Crippen LogP contribution in [-0.4, -0.2) is 47.8 Å². The minimum absolute atomic E-state index is 0.0116. The highest BCUT2D eigenvalue weighted by Crippen LogP contribution is 2.27. The van der Waals surface area contributed by atoms with Crippen molar-refractivity contribution >= 4 is 35.0 Å². The van der Waals surface area contributed by atoms with Gasteiger partial charge in [0.25, 0.3) is 5.91 Å². The predicted octanol–water partition coefficient (Wildman–Crippen LogP) is 5.29. The van der Waals surface area contributed by atoms with E-state index in [1.165, 1.54) is 0 Å². The van der Waals surface area contributed by atoms with E-state index in [0.717, 1.165) is 18.7 Å². The molecule has 0 radical (unpaired) electrons. The molecule has 2 aromatic carbocycles. The average molecular weight is 463 g/mol. The highest BCUT2D eigenvalue weighted by molar-refractivity contribution is 6.35. The van der Waals surface area contributed by atoms with E-state index in [1.807, 2.05) is 41.8 Å². The largest absolute Gasteiger partial charge is 0.488 e. The molecule has 1 saturated heterocycles. The van der Waals surface area contributed by atoms with Crippen LogP contribution in [0.15, 0.2) is 42.5 Å². The number of piperidine rings is 1. The number of carbonyl (C=O) groups excluding carboxylic acids is 2. The van der Waals surface area contributed by atoms with Gasteiger partial charge in [-0.2, -0.15) is 0 Å². The van der Waals surface area contributed by atoms with Gasteiger partial charge in [0.2, 0.25) is 5.91 Å². The maximum Gasteiger partial charge on any atom is 0.257 e. The molecule has 1 aliphatic rings. The normalized spacial score (nSPS) is 14.4. The van der Waals surface area contributed by atoms with Gasteiger partial charge in [-0.1, -0.05) is 41.4 Å². The van der Waals surface area contributed by atoms with Crippen molar-refractivity contribution < 1.29 is 14.3 Å². The molecule has 5 nitrogen and oxygen atoms in total. The third-order valence-electron chi connectivity index (χ3n) is 5.72. The zero-order valence-corrected chi connectivity index (χ0v) is 19.5. The van der Waals surface area contributed by atoms with Crippen LogP contribution in [0, 0.1) is 5.92 Å². The number of halogens is 2. The molecule has 1 fully saturated rings. The van der Waals surface area contributed by atoms with E-state index in [0.29, 0.717) is 47.3 Å². The monoisotopic (exact) mass is 462 g/mol. The molecule has 0 aromatic heterocycles. The number of para-hydroxylation sites is 1. The van der Waals surface area contributed by atoms with E-state index in [4.69, 9.17) is 27.9 Å². The number of hydrogen-bond acceptors (Lipinski definition) is 3. The Hall–Kier alpha value is -2.24. The quantitative estimate of drug-likeness (QED) is 0.561. The van der Waals surface area contributed by atoms with Crippen LogP contribution in [0.25, 0.3) is 0 Å². The van der Waals surface area contributed by atoms with Gasteiger partial charge in [-0.05, 0) is 51.0 Å². The van der Waals surface area contributed by atoms with Crippen molar-refractivity contribution in [1.29, 1.82) is 0 Å². The summed E-state index contributed by atoms with van der Waals surface area (Å²) >= 11 is 12.2. The Bertz CT molecular complexity index is 923. The van der Waals surface area contributed by atoms with Gasteiger partial charge in [-0.15, -0.1) is 0 Å². The number of carbonyl (C=O) groups is 2. The summed E-state index contributed by atoms with van der Waals surface area (Å²) in [7, 11) is 0. The maximum atomic E-state index is 13.2. The van der Waals surface area contributed by atoms with Gasteiger partial charge in [-0.25, -0.2) is 0 Å². The summed E-state index contributed by atoms with van der Waals surface area (Å²) in [4.78, 5) is 29.5. The van der Waals surface area contributed by atoms with Gasteiger partial charge in [0.1, 0.15) is 12.4 Å². The molecule has 31 heavy (non-hydrogen) atoms. The van der Waals surface area contributed by atoms with E-state index < -0.39 is 0 Å². The zero-order valence-electron chi connectivity index (χ0n) is 17.9. The third kappa shape index (κ3) is 5.72. The van der Waals surface area contributed by atoms with Crippen LogP contribution in [0.3, 0.4) is 0 Å². The first kappa shape index (κ1) is 23.4. The van der Waals surface area contributed by atoms with Crippen molar-refractivity contribution in [3.8, 4) is 5.75 Å². The number of hydrogen-bond donors (Lipinski definition) is 0. The van der Waals surface area contributed by atoms with E-state index in [-0.39, 0.29) is 24.3 Å². The zero-order chi connectivity index (χ0) is 22.4. The fourth-order valence-corrected chi connectivity index (χ4v) is 4.32. The summed E-state index contributed by atoms with van der Waals surface area (Å²) in [5, 5.41) is 1.09. The van der Waals surface area contributed by atoms with Gasteiger partial charge in [0.05, 0.1) is 5.56 Å². The summed E-state index contributed by atoms with van der Waals surface area (Å²) in [6.07, 6.45) is 1.37. The highest BCUT2D eigenvalue weighted by atomic mass is 35.5. The van der Waals surface area contributed by atoms with E-state index in [9.17, 15) is 9.59 Å². The third-order valence-corrected chi connectivity index (χ3v) is 6.31. The van der Waals surface area contributed by atoms with Gasteiger partial charge in [0.15, 0.2) is 0 Å². The Morgan fingerprint density at radius 3 is 2.39 bits per heavy atom. The number of nitrogens with zero attached hydrogens (tertiary/aromatic N) is 2. The van der Waals surface area contributed by atoms with Crippen molar-refractivity contribution in [3.05, 3.63) is 63.6 Å². The number of rotatable bonds is 7. The van der Waals surface area contributed by atoms with Crippen molar-refractivity contribution in [1.82, 2.24) is 9.80 Å². The lowest BCUT2D eigenvalue weighted by Crippen LogP contribution is -2.44. The molecule has 0 aliphatic carbocycles. The Morgan fingerprint density at radius 2 is 1.74 bits per heavy atom. The van der Waals surface area contributed by atoms with Gasteiger partial charge >= 0.3 is 0 Å². The van der Waals surface area contributed by atoms with Crippen LogP contribution in [0.1, 0.15) is 42.6 Å². The standard InChI is InChI=1S/C24H28Cl2N2O3/c1-3-27(4-2)23(29)17-11-13-28(14-12-17)24(30)20-7-5-6-8-22(20)31-16-18-9-10-19(25)15-21(18)26/h5-10,15,17H,3-4,11-14,16H2,1-2H3. The summed E-state index contributed by atoms with van der Waals surface area (Å²) in [6, 6.07) is 12.5. The number of ether oxygens (including phenoxy) is 1. The van der Waals surface area contributed by atoms with Crippen molar-refractivity contribution in [3.63, 3.8) is 0 Å². The molecule has 166 valence electrons. The topological polar surface area (TPSA) is 49.9 Å². The van der Waals surface area contributed by atoms with Crippen LogP contribution in [0.2, 0.25) is 10.0 Å². The lowest BCUT2D eigenvalue weighted by atomic mass is 9.94. The smallest absolute Gasteiger partial charge is 0.257 e. The van der Waals surface area contributed by atoms with Crippen LogP contribution < -0.4 is 4.74 Å². The Balaban J connectivity index is 1.64. The molecule has 0 N–H and O–H groups in total. The van der Waals surface area contributed by atoms with Crippen LogP contribution in [0.5, 0.6) is 5.75 Å². The maximum absolute atomic E-state index is 13.2. The van der Waals surface area contributed by atoms with Gasteiger partial charge < -0.3 is 14.5 Å². The second-order valence-electron chi connectivity index (χ2n) is 7.60. The van der Waals surface area contributed by atoms with Crippen LogP contribution in [0.4, 0.5) is 0 Å². The van der Waals surface area contributed by atoms with Crippen LogP contribution >= 0.6 is 23.2 Å². The first-order valence-corrected chi connectivity index (χ1v) is 11.4. The Morgan fingerprint density at radius 1 is 1.06 bits per heavy atom. The predicted molar refractivity (Wildman–Crippen MR) is 124 cm³/mol. The number of benzene rings is 2. The van der Waals surface area contributed by atoms with Crippen LogP contribution in [-0.2, 0) is 11.4 Å². The molecule has 0 atom stereocenters. The molecule has 2 aromatic rings. The number of amides is 2. The molecule has 0 spiro atoms. The average Bonchev–Trinajstić information content (AvgIpc) is 2.79. The minimum Gasteiger partial charge on any atom is -0.488 e. The molecule has 7 heteroatoms. The summed E-state index contributed by atoms with van der Waals surface area (Å²) in [5.41, 5.74) is 1.31. The molecular formula is C24H28Cl2N2O3. The van der Waals surface area contributed by atoms with E-state index in [1.54, 1.807) is 24.3 Å². The Labute approximate surface area is 193 Å². The fraction of sp³-hybridized carbons (Fsp3) is 0.417. The van der Waals surface area contributed by atoms with Gasteiger partial charge in [-0.3, -0.25) is 9.59 Å². The highest BCUT2D eigenvalue weighted by Gasteiger charge is 2.30. The summed E-state index contributed by atoms with van der Waals surface area (Å²) in [6.45, 7) is 6.79. The number of likely N-dealkylation sites (tertiary alicyclic amines) is 1. The second-order valence-corrected chi connectivity index (χ2v) is 8.44. The molecule has 0 saturated carbocycles. The molecule has 2 amide bonds. The molecule has 0 unspecified atom stereocenters. The summed E-state index contributed by atoms with van der Waals surface area (Å²) < 4.78 is 5.94. The Kier molecular flexibility index (Phi) is 8.22. The second kappa shape index (κ2) is 10.9. The summed E-state index contributed by atoms with van der Waals surface area (Å²) in [5.74, 6) is 0.620. The van der Waals surface area contributed by atoms with Crippen molar-refractivity contribution in [2.75, 3.05) is 26.2 Å². The lowest BCUT2D eigenvalue weighted by molar-refractivity contribution is -0.136. The molecular weight excluding hydrogens is 435 g/mol. The lowest BCUT2D eigenvalue weighted by Gasteiger charge is -2.34. The van der Waals surface area contributed by atoms with Crippen molar-refractivity contribution in [2.24, 2.45) is 5.92 Å². The van der Waals surface area contributed by atoms with E-state index in [2.05, 4.69) is 0 Å². The molecule has 0 bridgehead atoms. The minimum atomic E-state index is -0.0773. The van der Waals surface area contributed by atoms with Crippen molar-refractivity contribution in [2.45, 2.75) is 33.3 Å². The van der Waals surface area contributed by atoms with Gasteiger partial charge in [0, 0.05) is 47.7 Å². The SMILES string of the molecule is CCN(CC)C(=O)C1CCN(C(=O)c2ccccc2OCc2ccc(Cl)cc2Cl)CC1. The van der Waals surface area contributed by atoms with E-state index >= 15 is 0 Å². The molecule has 1 aliphatic heterocycles. The molecule has 1 heterocycles. The fourth-order valence-electron chi connectivity index (χ4n) is 3.86. The first-order chi connectivity index (χ1) is 14.9. The molecule has 3 rings (SSSR count).